The molecule has 2 aromatic carbocycles. The molecule has 3 N–H and O–H groups in total. The third-order valence-electron chi connectivity index (χ3n) is 3.10. The molecule has 0 fully saturated rings. The van der Waals surface area contributed by atoms with E-state index in [-0.39, 0.29) is 17.2 Å². The monoisotopic (exact) mass is 285 g/mol. The summed E-state index contributed by atoms with van der Waals surface area (Å²) in [6, 6.07) is 11.5. The molecule has 0 aliphatic heterocycles. The van der Waals surface area contributed by atoms with Gasteiger partial charge in [0.1, 0.15) is 0 Å². The van der Waals surface area contributed by atoms with E-state index < -0.39 is 4.92 Å². The molecule has 0 unspecified atom stereocenters. The van der Waals surface area contributed by atoms with Gasteiger partial charge in [-0.05, 0) is 30.7 Å². The summed E-state index contributed by atoms with van der Waals surface area (Å²) in [7, 11) is 0. The molecule has 0 heterocycles. The van der Waals surface area contributed by atoms with Crippen LogP contribution in [0.4, 0.5) is 11.4 Å². The first-order valence-electron chi connectivity index (χ1n) is 6.35. The Hall–Kier alpha value is -2.89. The van der Waals surface area contributed by atoms with Gasteiger partial charge in [0, 0.05) is 29.4 Å². The Kier molecular flexibility index (Phi) is 4.18. The lowest BCUT2D eigenvalue weighted by molar-refractivity contribution is -0.385. The largest absolute Gasteiger partial charge is 0.399 e. The average Bonchev–Trinajstić information content (AvgIpc) is 2.46. The zero-order chi connectivity index (χ0) is 15.4. The lowest BCUT2D eigenvalue weighted by Gasteiger charge is -2.06. The van der Waals surface area contributed by atoms with Crippen molar-refractivity contribution < 1.29 is 9.72 Å². The van der Waals surface area contributed by atoms with Gasteiger partial charge in [-0.2, -0.15) is 0 Å². The molecule has 2 aromatic rings. The summed E-state index contributed by atoms with van der Waals surface area (Å²) in [5.41, 5.74) is 7.87. The molecule has 0 saturated heterocycles. The number of nitro groups is 1. The smallest absolute Gasteiger partial charge is 0.273 e. The molecule has 0 atom stereocenters. The van der Waals surface area contributed by atoms with Crippen molar-refractivity contribution in [2.45, 2.75) is 13.5 Å². The summed E-state index contributed by atoms with van der Waals surface area (Å²) in [4.78, 5) is 22.4. The van der Waals surface area contributed by atoms with Crippen LogP contribution in [-0.4, -0.2) is 10.8 Å². The topological polar surface area (TPSA) is 98.3 Å². The number of nitrogens with two attached hydrogens (primary N) is 1. The third-order valence-corrected chi connectivity index (χ3v) is 3.10. The molecule has 0 aromatic heterocycles. The Bertz CT molecular complexity index is 681. The highest BCUT2D eigenvalue weighted by atomic mass is 16.6. The maximum Gasteiger partial charge on any atom is 0.273 e. The Balaban J connectivity index is 2.08. The van der Waals surface area contributed by atoms with Crippen LogP contribution in [-0.2, 0) is 6.54 Å². The molecular weight excluding hydrogens is 270 g/mol. The normalized spacial score (nSPS) is 10.1. The van der Waals surface area contributed by atoms with E-state index in [0.717, 1.165) is 5.56 Å². The molecule has 2 rings (SSSR count). The molecular formula is C15H15N3O3. The van der Waals surface area contributed by atoms with Crippen molar-refractivity contribution in [3.05, 3.63) is 69.3 Å². The molecule has 1 amide bonds. The standard InChI is InChI=1S/C15H15N3O3/c1-10-2-5-12(8-14(10)18(20)21)15(19)17-9-11-3-6-13(16)7-4-11/h2-8H,9,16H2,1H3,(H,17,19). The Morgan fingerprint density at radius 2 is 1.90 bits per heavy atom. The molecule has 0 radical (unpaired) electrons. The van der Waals surface area contributed by atoms with Gasteiger partial charge in [-0.15, -0.1) is 0 Å². The minimum Gasteiger partial charge on any atom is -0.399 e. The second-order valence-corrected chi connectivity index (χ2v) is 4.68. The summed E-state index contributed by atoms with van der Waals surface area (Å²) < 4.78 is 0. The predicted molar refractivity (Wildman–Crippen MR) is 79.9 cm³/mol. The number of aryl methyl sites for hydroxylation is 1. The predicted octanol–water partition coefficient (Wildman–Crippen LogP) is 2.42. The first-order chi connectivity index (χ1) is 9.97. The van der Waals surface area contributed by atoms with Gasteiger partial charge < -0.3 is 11.1 Å². The van der Waals surface area contributed by atoms with Gasteiger partial charge in [-0.3, -0.25) is 14.9 Å². The molecule has 0 aliphatic carbocycles. The number of carbonyl (C=O) groups excluding carboxylic acids is 1. The van der Waals surface area contributed by atoms with E-state index in [2.05, 4.69) is 5.32 Å². The minimum absolute atomic E-state index is 0.0601. The van der Waals surface area contributed by atoms with Crippen LogP contribution in [0.3, 0.4) is 0 Å². The number of nitro benzene ring substituents is 1. The molecule has 6 nitrogen and oxygen atoms in total. The van der Waals surface area contributed by atoms with Gasteiger partial charge in [-0.1, -0.05) is 18.2 Å². The van der Waals surface area contributed by atoms with Crippen molar-refractivity contribution in [3.8, 4) is 0 Å². The zero-order valence-corrected chi connectivity index (χ0v) is 11.5. The van der Waals surface area contributed by atoms with Gasteiger partial charge in [0.2, 0.25) is 0 Å². The Labute approximate surface area is 121 Å². The number of rotatable bonds is 4. The number of nitrogens with one attached hydrogen (secondary N) is 1. The second-order valence-electron chi connectivity index (χ2n) is 4.68. The van der Waals surface area contributed by atoms with Crippen molar-refractivity contribution in [1.82, 2.24) is 5.32 Å². The van der Waals surface area contributed by atoms with E-state index in [4.69, 9.17) is 5.73 Å². The Morgan fingerprint density at radius 1 is 1.24 bits per heavy atom. The number of hydrogen-bond donors (Lipinski definition) is 2. The molecule has 0 aliphatic rings. The quantitative estimate of drug-likeness (QED) is 0.512. The fourth-order valence-corrected chi connectivity index (χ4v) is 1.87. The van der Waals surface area contributed by atoms with E-state index in [9.17, 15) is 14.9 Å². The third kappa shape index (κ3) is 3.56. The lowest BCUT2D eigenvalue weighted by atomic mass is 10.1. The van der Waals surface area contributed by atoms with Crippen molar-refractivity contribution in [1.29, 1.82) is 0 Å². The zero-order valence-electron chi connectivity index (χ0n) is 11.5. The van der Waals surface area contributed by atoms with Crippen molar-refractivity contribution in [3.63, 3.8) is 0 Å². The number of nitrogen functional groups attached to an aromatic ring is 1. The van der Waals surface area contributed by atoms with Crippen LogP contribution in [0.25, 0.3) is 0 Å². The van der Waals surface area contributed by atoms with E-state index in [1.54, 1.807) is 31.2 Å². The van der Waals surface area contributed by atoms with Gasteiger partial charge in [0.15, 0.2) is 0 Å². The van der Waals surface area contributed by atoms with E-state index in [0.29, 0.717) is 17.8 Å². The van der Waals surface area contributed by atoms with Gasteiger partial charge >= 0.3 is 0 Å². The number of hydrogen-bond acceptors (Lipinski definition) is 4. The fourth-order valence-electron chi connectivity index (χ4n) is 1.87. The maximum absolute atomic E-state index is 12.0. The summed E-state index contributed by atoms with van der Waals surface area (Å²) in [5, 5.41) is 13.6. The van der Waals surface area contributed by atoms with Gasteiger partial charge in [0.25, 0.3) is 11.6 Å². The van der Waals surface area contributed by atoms with E-state index in [1.807, 2.05) is 12.1 Å². The highest BCUT2D eigenvalue weighted by molar-refractivity contribution is 5.94. The minimum atomic E-state index is -0.494. The fraction of sp³-hybridized carbons (Fsp3) is 0.133. The first kappa shape index (κ1) is 14.5. The number of anilines is 1. The highest BCUT2D eigenvalue weighted by Gasteiger charge is 2.14. The van der Waals surface area contributed by atoms with Crippen LogP contribution in [0.2, 0.25) is 0 Å². The molecule has 0 spiro atoms. The van der Waals surface area contributed by atoms with Crippen LogP contribution < -0.4 is 11.1 Å². The van der Waals surface area contributed by atoms with Crippen LogP contribution in [0.5, 0.6) is 0 Å². The van der Waals surface area contributed by atoms with Crippen LogP contribution >= 0.6 is 0 Å². The van der Waals surface area contributed by atoms with E-state index >= 15 is 0 Å². The molecule has 0 bridgehead atoms. The van der Waals surface area contributed by atoms with Crippen LogP contribution in [0, 0.1) is 17.0 Å². The number of carbonyl (C=O) groups is 1. The maximum atomic E-state index is 12.0. The second kappa shape index (κ2) is 6.04. The first-order valence-corrected chi connectivity index (χ1v) is 6.35. The summed E-state index contributed by atoms with van der Waals surface area (Å²) >= 11 is 0. The molecule has 6 heteroatoms. The van der Waals surface area contributed by atoms with Crippen molar-refractivity contribution in [2.75, 3.05) is 5.73 Å². The summed E-state index contributed by atoms with van der Waals surface area (Å²) in [5.74, 6) is -0.352. The highest BCUT2D eigenvalue weighted by Crippen LogP contribution is 2.19. The number of amides is 1. The van der Waals surface area contributed by atoms with Crippen LogP contribution in [0.1, 0.15) is 21.5 Å². The summed E-state index contributed by atoms with van der Waals surface area (Å²) in [6.45, 7) is 1.97. The molecule has 108 valence electrons. The van der Waals surface area contributed by atoms with E-state index in [1.165, 1.54) is 6.07 Å². The van der Waals surface area contributed by atoms with Crippen molar-refractivity contribution >= 4 is 17.3 Å². The van der Waals surface area contributed by atoms with Crippen LogP contribution in [0.15, 0.2) is 42.5 Å². The average molecular weight is 285 g/mol. The van der Waals surface area contributed by atoms with Crippen molar-refractivity contribution in [2.24, 2.45) is 0 Å². The van der Waals surface area contributed by atoms with Gasteiger partial charge in [0.05, 0.1) is 4.92 Å². The number of benzene rings is 2. The number of nitrogens with zero attached hydrogens (tertiary/aromatic N) is 1. The van der Waals surface area contributed by atoms with Gasteiger partial charge in [-0.25, -0.2) is 0 Å². The molecule has 0 saturated carbocycles. The molecule has 21 heavy (non-hydrogen) atoms. The summed E-state index contributed by atoms with van der Waals surface area (Å²) in [6.07, 6.45) is 0. The SMILES string of the molecule is Cc1ccc(C(=O)NCc2ccc(N)cc2)cc1[N+](=O)[O-]. The Morgan fingerprint density at radius 3 is 2.52 bits per heavy atom. The lowest BCUT2D eigenvalue weighted by Crippen LogP contribution is -2.22.